The zero-order valence-corrected chi connectivity index (χ0v) is 8.99. The summed E-state index contributed by atoms with van der Waals surface area (Å²) >= 11 is 0. The van der Waals surface area contributed by atoms with E-state index in [0.717, 1.165) is 18.7 Å². The molecule has 1 rings (SSSR count). The molecule has 0 aromatic carbocycles. The molecule has 0 bridgehead atoms. The van der Waals surface area contributed by atoms with Gasteiger partial charge in [-0.15, -0.1) is 0 Å². The average Bonchev–Trinajstić information content (AvgIpc) is 2.14. The van der Waals surface area contributed by atoms with Gasteiger partial charge in [0.05, 0.1) is 0 Å². The molecule has 1 N–H and O–H groups in total. The maximum atomic E-state index is 11.7. The van der Waals surface area contributed by atoms with Crippen molar-refractivity contribution in [2.45, 2.75) is 38.5 Å². The molecule has 1 saturated heterocycles. The molecule has 0 amide bonds. The number of hydrogen-bond donors (Lipinski definition) is 1. The third-order valence-corrected chi connectivity index (χ3v) is 4.65. The van der Waals surface area contributed by atoms with Gasteiger partial charge in [-0.3, -0.25) is 4.21 Å². The first-order valence-electron chi connectivity index (χ1n) is 4.75. The lowest BCUT2D eigenvalue weighted by molar-refractivity contribution is 0.465. The van der Waals surface area contributed by atoms with E-state index in [1.807, 2.05) is 0 Å². The fraction of sp³-hybridized carbons (Fsp3) is 1.00. The first-order valence-corrected chi connectivity index (χ1v) is 6.14. The van der Waals surface area contributed by atoms with E-state index in [4.69, 9.17) is 0 Å². The van der Waals surface area contributed by atoms with Gasteiger partial charge in [0, 0.05) is 27.8 Å². The molecule has 2 nitrogen and oxygen atoms in total. The molecular formula is C9H19NOS. The maximum absolute atomic E-state index is 11.7. The molecule has 12 heavy (non-hydrogen) atoms. The van der Waals surface area contributed by atoms with Gasteiger partial charge in [-0.2, -0.15) is 0 Å². The topological polar surface area (TPSA) is 29.1 Å². The Kier molecular flexibility index (Phi) is 3.72. The smallest absolute Gasteiger partial charge is 0.0473 e. The van der Waals surface area contributed by atoms with E-state index < -0.39 is 10.8 Å². The highest BCUT2D eigenvalue weighted by Crippen LogP contribution is 2.13. The summed E-state index contributed by atoms with van der Waals surface area (Å²) < 4.78 is 11.7. The van der Waals surface area contributed by atoms with Gasteiger partial charge in [-0.1, -0.05) is 13.8 Å². The molecule has 0 spiro atoms. The summed E-state index contributed by atoms with van der Waals surface area (Å²) in [4.78, 5) is 0. The second-order valence-corrected chi connectivity index (χ2v) is 5.62. The van der Waals surface area contributed by atoms with Crippen molar-refractivity contribution in [3.05, 3.63) is 0 Å². The summed E-state index contributed by atoms with van der Waals surface area (Å²) in [5, 5.41) is 3.79. The van der Waals surface area contributed by atoms with Crippen LogP contribution in [0.2, 0.25) is 0 Å². The summed E-state index contributed by atoms with van der Waals surface area (Å²) in [6.07, 6.45) is 1.08. The summed E-state index contributed by atoms with van der Waals surface area (Å²) in [5.41, 5.74) is 0. The van der Waals surface area contributed by atoms with Crippen LogP contribution in [0.15, 0.2) is 0 Å². The Morgan fingerprint density at radius 1 is 1.50 bits per heavy atom. The van der Waals surface area contributed by atoms with Crippen molar-refractivity contribution >= 4 is 10.8 Å². The number of nitrogens with one attached hydrogen (secondary N) is 1. The minimum Gasteiger partial charge on any atom is -0.313 e. The van der Waals surface area contributed by atoms with E-state index in [-0.39, 0.29) is 0 Å². The second kappa shape index (κ2) is 4.38. The summed E-state index contributed by atoms with van der Waals surface area (Å²) in [5.74, 6) is 1.43. The van der Waals surface area contributed by atoms with Crippen LogP contribution in [0.1, 0.15) is 27.2 Å². The van der Waals surface area contributed by atoms with Gasteiger partial charge in [0.15, 0.2) is 0 Å². The second-order valence-electron chi connectivity index (χ2n) is 3.78. The minimum atomic E-state index is -0.625. The maximum Gasteiger partial charge on any atom is 0.0473 e. The van der Waals surface area contributed by atoms with E-state index >= 15 is 0 Å². The number of rotatable bonds is 1. The Morgan fingerprint density at radius 2 is 2.17 bits per heavy atom. The predicted octanol–water partition coefficient (Wildman–Crippen LogP) is 1.14. The molecule has 0 radical (unpaired) electrons. The zero-order chi connectivity index (χ0) is 9.14. The standard InChI is InChI=1S/C9H19NOS/c1-4-9-8(3)12(11)6-7(2)5-10-9/h7-10H,4-6H2,1-3H3. The fourth-order valence-corrected chi connectivity index (χ4v) is 3.31. The third kappa shape index (κ3) is 2.30. The zero-order valence-electron chi connectivity index (χ0n) is 8.17. The van der Waals surface area contributed by atoms with Crippen molar-refractivity contribution in [2.24, 2.45) is 5.92 Å². The Hall–Kier alpha value is 0.110. The van der Waals surface area contributed by atoms with Crippen LogP contribution >= 0.6 is 0 Å². The van der Waals surface area contributed by atoms with Gasteiger partial charge in [0.2, 0.25) is 0 Å². The quantitative estimate of drug-likeness (QED) is 0.670. The molecular weight excluding hydrogens is 170 g/mol. The van der Waals surface area contributed by atoms with Crippen LogP contribution in [0, 0.1) is 5.92 Å². The third-order valence-electron chi connectivity index (χ3n) is 2.60. The predicted molar refractivity (Wildman–Crippen MR) is 53.7 cm³/mol. The van der Waals surface area contributed by atoms with Crippen LogP contribution in [0.4, 0.5) is 0 Å². The lowest BCUT2D eigenvalue weighted by Crippen LogP contribution is -2.38. The first kappa shape index (κ1) is 10.2. The number of hydrogen-bond acceptors (Lipinski definition) is 2. The van der Waals surface area contributed by atoms with Crippen molar-refractivity contribution in [1.29, 1.82) is 0 Å². The molecule has 0 aliphatic carbocycles. The molecule has 1 aliphatic heterocycles. The van der Waals surface area contributed by atoms with E-state index in [0.29, 0.717) is 17.2 Å². The van der Waals surface area contributed by atoms with Crippen LogP contribution in [0.5, 0.6) is 0 Å². The SMILES string of the molecule is CCC1NCC(C)CS(=O)C1C. The highest BCUT2D eigenvalue weighted by molar-refractivity contribution is 7.85. The lowest BCUT2D eigenvalue weighted by Gasteiger charge is -2.19. The molecule has 1 fully saturated rings. The van der Waals surface area contributed by atoms with Crippen molar-refractivity contribution in [3.8, 4) is 0 Å². The molecule has 3 heteroatoms. The summed E-state index contributed by atoms with van der Waals surface area (Å²) in [7, 11) is -0.625. The van der Waals surface area contributed by atoms with E-state index in [9.17, 15) is 4.21 Å². The normalized spacial score (nSPS) is 43.9. The Balaban J connectivity index is 2.62. The minimum absolute atomic E-state index is 0.319. The molecule has 0 aromatic rings. The molecule has 0 aromatic heterocycles. The van der Waals surface area contributed by atoms with E-state index in [1.165, 1.54) is 0 Å². The molecule has 0 saturated carbocycles. The first-order chi connectivity index (χ1) is 5.65. The molecule has 1 aliphatic rings. The van der Waals surface area contributed by atoms with Crippen LogP contribution in [-0.4, -0.2) is 27.8 Å². The van der Waals surface area contributed by atoms with Gasteiger partial charge in [0.1, 0.15) is 0 Å². The van der Waals surface area contributed by atoms with Crippen molar-refractivity contribution < 1.29 is 4.21 Å². The molecule has 4 atom stereocenters. The monoisotopic (exact) mass is 189 g/mol. The average molecular weight is 189 g/mol. The highest BCUT2D eigenvalue weighted by Gasteiger charge is 2.26. The van der Waals surface area contributed by atoms with Crippen LogP contribution in [0.3, 0.4) is 0 Å². The van der Waals surface area contributed by atoms with E-state index in [1.54, 1.807) is 0 Å². The van der Waals surface area contributed by atoms with E-state index in [2.05, 4.69) is 26.1 Å². The summed E-state index contributed by atoms with van der Waals surface area (Å²) in [6, 6.07) is 0.454. The molecule has 1 heterocycles. The van der Waals surface area contributed by atoms with Gasteiger partial charge < -0.3 is 5.32 Å². The van der Waals surface area contributed by atoms with Gasteiger partial charge in [0.25, 0.3) is 0 Å². The highest BCUT2D eigenvalue weighted by atomic mass is 32.2. The lowest BCUT2D eigenvalue weighted by atomic mass is 10.1. The molecule has 4 unspecified atom stereocenters. The van der Waals surface area contributed by atoms with Crippen molar-refractivity contribution in [1.82, 2.24) is 5.32 Å². The van der Waals surface area contributed by atoms with Crippen LogP contribution < -0.4 is 5.32 Å². The van der Waals surface area contributed by atoms with Crippen LogP contribution in [0.25, 0.3) is 0 Å². The Labute approximate surface area is 77.6 Å². The van der Waals surface area contributed by atoms with Crippen LogP contribution in [-0.2, 0) is 10.8 Å². The Morgan fingerprint density at radius 3 is 2.75 bits per heavy atom. The van der Waals surface area contributed by atoms with Crippen molar-refractivity contribution in [3.63, 3.8) is 0 Å². The van der Waals surface area contributed by atoms with Gasteiger partial charge >= 0.3 is 0 Å². The van der Waals surface area contributed by atoms with Gasteiger partial charge in [-0.25, -0.2) is 0 Å². The summed E-state index contributed by atoms with van der Waals surface area (Å²) in [6.45, 7) is 7.43. The largest absolute Gasteiger partial charge is 0.313 e. The fourth-order valence-electron chi connectivity index (χ4n) is 1.67. The van der Waals surface area contributed by atoms with Crippen molar-refractivity contribution in [2.75, 3.05) is 12.3 Å². The Bertz CT molecular complexity index is 172. The van der Waals surface area contributed by atoms with Gasteiger partial charge in [-0.05, 0) is 25.8 Å². The molecule has 72 valence electrons.